The molecule has 0 saturated heterocycles. The van der Waals surface area contributed by atoms with Gasteiger partial charge in [-0.15, -0.1) is 0 Å². The van der Waals surface area contributed by atoms with Crippen LogP contribution in [0.1, 0.15) is 42.0 Å². The first-order chi connectivity index (χ1) is 12.3. The van der Waals surface area contributed by atoms with Crippen LogP contribution in [-0.2, 0) is 4.74 Å². The van der Waals surface area contributed by atoms with Gasteiger partial charge in [-0.1, -0.05) is 55.8 Å². The number of nitrogens with zero attached hydrogens (tertiary/aromatic N) is 3. The molecule has 0 aliphatic carbocycles. The van der Waals surface area contributed by atoms with Crippen LogP contribution in [-0.4, -0.2) is 30.0 Å². The van der Waals surface area contributed by atoms with Crippen molar-refractivity contribution in [3.8, 4) is 0 Å². The maximum Gasteiger partial charge on any atom is 0.223 e. The summed E-state index contributed by atoms with van der Waals surface area (Å²) in [5.74, 6) is 1.98. The van der Waals surface area contributed by atoms with Crippen molar-refractivity contribution in [1.82, 2.24) is 0 Å². The molecule has 0 aromatic heterocycles. The zero-order valence-corrected chi connectivity index (χ0v) is 14.0. The predicted octanol–water partition coefficient (Wildman–Crippen LogP) is 3.80. The number of nitrogens with one attached hydrogen (secondary N) is 1. The van der Waals surface area contributed by atoms with Gasteiger partial charge in [-0.2, -0.15) is 4.99 Å². The summed E-state index contributed by atoms with van der Waals surface area (Å²) >= 11 is 0. The molecule has 2 aliphatic heterocycles. The summed E-state index contributed by atoms with van der Waals surface area (Å²) in [6.07, 6.45) is 2.07. The molecule has 2 aromatic carbocycles. The zero-order chi connectivity index (χ0) is 17.2. The topological polar surface area (TPSA) is 70.2 Å². The Balaban J connectivity index is 1.72. The molecular formula is C20H18N4O. The van der Waals surface area contributed by atoms with Gasteiger partial charge in [0.15, 0.2) is 17.5 Å². The molecule has 5 heteroatoms. The molecule has 2 aliphatic rings. The SMILES string of the molecule is CCCCOC1=NC(=NC2=NC(=N)c3ccccc32)c2ccccc21. The Hall–Kier alpha value is -3.08. The van der Waals surface area contributed by atoms with Gasteiger partial charge in [0.25, 0.3) is 0 Å². The fourth-order valence-corrected chi connectivity index (χ4v) is 2.89. The lowest BCUT2D eigenvalue weighted by atomic mass is 10.1. The number of benzene rings is 2. The Morgan fingerprint density at radius 2 is 1.60 bits per heavy atom. The first-order valence-corrected chi connectivity index (χ1v) is 8.45. The molecule has 0 amide bonds. The van der Waals surface area contributed by atoms with E-state index < -0.39 is 0 Å². The lowest BCUT2D eigenvalue weighted by Gasteiger charge is -2.04. The van der Waals surface area contributed by atoms with Crippen molar-refractivity contribution >= 4 is 23.4 Å². The van der Waals surface area contributed by atoms with E-state index in [2.05, 4.69) is 21.9 Å². The molecule has 2 aromatic rings. The first-order valence-electron chi connectivity index (χ1n) is 8.45. The standard InChI is InChI=1S/C20H18N4O/c1-2-3-12-25-20-16-11-7-6-10-15(16)19(24-20)23-18-14-9-5-4-8-13(14)17(21)22-18/h4-11,21H,2-3,12H2,1H3. The summed E-state index contributed by atoms with van der Waals surface area (Å²) < 4.78 is 5.84. The minimum absolute atomic E-state index is 0.240. The molecular weight excluding hydrogens is 312 g/mol. The van der Waals surface area contributed by atoms with Gasteiger partial charge in [0, 0.05) is 22.3 Å². The van der Waals surface area contributed by atoms with Crippen molar-refractivity contribution in [1.29, 1.82) is 5.41 Å². The van der Waals surface area contributed by atoms with Crippen molar-refractivity contribution in [3.05, 3.63) is 70.8 Å². The Morgan fingerprint density at radius 3 is 2.36 bits per heavy atom. The third-order valence-electron chi connectivity index (χ3n) is 4.20. The first kappa shape index (κ1) is 15.4. The van der Waals surface area contributed by atoms with E-state index in [-0.39, 0.29) is 5.84 Å². The highest BCUT2D eigenvalue weighted by Crippen LogP contribution is 2.24. The van der Waals surface area contributed by atoms with E-state index >= 15 is 0 Å². The molecule has 0 bridgehead atoms. The smallest absolute Gasteiger partial charge is 0.223 e. The third kappa shape index (κ3) is 2.78. The van der Waals surface area contributed by atoms with E-state index in [1.165, 1.54) is 0 Å². The Kier molecular flexibility index (Phi) is 3.98. The molecule has 0 fully saturated rings. The second kappa shape index (κ2) is 6.43. The Bertz CT molecular complexity index is 940. The monoisotopic (exact) mass is 330 g/mol. The second-order valence-corrected chi connectivity index (χ2v) is 5.93. The second-order valence-electron chi connectivity index (χ2n) is 5.93. The number of rotatable bonds is 3. The van der Waals surface area contributed by atoms with E-state index in [1.807, 2.05) is 48.5 Å². The lowest BCUT2D eigenvalue weighted by molar-refractivity contribution is 0.299. The van der Waals surface area contributed by atoms with Gasteiger partial charge >= 0.3 is 0 Å². The molecule has 124 valence electrons. The van der Waals surface area contributed by atoms with Gasteiger partial charge in [-0.3, -0.25) is 5.41 Å². The van der Waals surface area contributed by atoms with Crippen LogP contribution in [0.25, 0.3) is 0 Å². The van der Waals surface area contributed by atoms with Crippen LogP contribution in [0.2, 0.25) is 0 Å². The van der Waals surface area contributed by atoms with Crippen molar-refractivity contribution in [3.63, 3.8) is 0 Å². The van der Waals surface area contributed by atoms with Gasteiger partial charge < -0.3 is 4.74 Å². The van der Waals surface area contributed by atoms with E-state index in [0.29, 0.717) is 24.2 Å². The molecule has 25 heavy (non-hydrogen) atoms. The van der Waals surface area contributed by atoms with Crippen molar-refractivity contribution in [2.24, 2.45) is 15.0 Å². The fraction of sp³-hybridized carbons (Fsp3) is 0.200. The number of aliphatic imine (C=N–C) groups is 3. The summed E-state index contributed by atoms with van der Waals surface area (Å²) in [5, 5.41) is 8.01. The Morgan fingerprint density at radius 1 is 0.920 bits per heavy atom. The van der Waals surface area contributed by atoms with Gasteiger partial charge in [-0.05, 0) is 12.5 Å². The summed E-state index contributed by atoms with van der Waals surface area (Å²) in [6.45, 7) is 2.77. The minimum atomic E-state index is 0.240. The highest BCUT2D eigenvalue weighted by Gasteiger charge is 2.25. The van der Waals surface area contributed by atoms with Crippen molar-refractivity contribution in [2.45, 2.75) is 19.8 Å². The third-order valence-corrected chi connectivity index (χ3v) is 4.20. The molecule has 0 spiro atoms. The van der Waals surface area contributed by atoms with Gasteiger partial charge in [0.05, 0.1) is 6.61 Å². The normalized spacial score (nSPS) is 16.5. The van der Waals surface area contributed by atoms with Crippen LogP contribution in [0.5, 0.6) is 0 Å². The van der Waals surface area contributed by atoms with Crippen LogP contribution < -0.4 is 0 Å². The number of amidine groups is 3. The van der Waals surface area contributed by atoms with E-state index in [0.717, 1.165) is 35.1 Å². The van der Waals surface area contributed by atoms with Gasteiger partial charge in [-0.25, -0.2) is 9.98 Å². The maximum atomic E-state index is 8.01. The highest BCUT2D eigenvalue weighted by molar-refractivity contribution is 6.28. The predicted molar refractivity (Wildman–Crippen MR) is 100 cm³/mol. The molecule has 1 N–H and O–H groups in total. The molecule has 0 saturated carbocycles. The molecule has 0 atom stereocenters. The van der Waals surface area contributed by atoms with E-state index in [1.54, 1.807) is 0 Å². The minimum Gasteiger partial charge on any atom is -0.477 e. The van der Waals surface area contributed by atoms with Crippen LogP contribution in [0.15, 0.2) is 63.5 Å². The molecule has 5 nitrogen and oxygen atoms in total. The van der Waals surface area contributed by atoms with E-state index in [4.69, 9.17) is 10.1 Å². The molecule has 4 rings (SSSR count). The van der Waals surface area contributed by atoms with Crippen molar-refractivity contribution in [2.75, 3.05) is 6.61 Å². The van der Waals surface area contributed by atoms with Gasteiger partial charge in [0.1, 0.15) is 0 Å². The molecule has 0 unspecified atom stereocenters. The summed E-state index contributed by atoms with van der Waals surface area (Å²) in [6, 6.07) is 15.6. The lowest BCUT2D eigenvalue weighted by Crippen LogP contribution is -2.05. The maximum absolute atomic E-state index is 8.01. The van der Waals surface area contributed by atoms with Crippen LogP contribution in [0.3, 0.4) is 0 Å². The molecule has 0 radical (unpaired) electrons. The zero-order valence-electron chi connectivity index (χ0n) is 14.0. The number of hydrogen-bond donors (Lipinski definition) is 1. The number of fused-ring (bicyclic) bond motifs is 2. The van der Waals surface area contributed by atoms with Gasteiger partial charge in [0.2, 0.25) is 5.90 Å². The summed E-state index contributed by atoms with van der Waals surface area (Å²) in [7, 11) is 0. The Labute approximate surface area is 146 Å². The largest absolute Gasteiger partial charge is 0.477 e. The molecule has 2 heterocycles. The number of hydrogen-bond acceptors (Lipinski definition) is 3. The van der Waals surface area contributed by atoms with Crippen LogP contribution >= 0.6 is 0 Å². The van der Waals surface area contributed by atoms with Crippen LogP contribution in [0, 0.1) is 5.41 Å². The number of ether oxygens (including phenoxy) is 1. The van der Waals surface area contributed by atoms with E-state index in [9.17, 15) is 0 Å². The summed E-state index contributed by atoms with van der Waals surface area (Å²) in [5.41, 5.74) is 3.57. The quantitative estimate of drug-likeness (QED) is 0.855. The van der Waals surface area contributed by atoms with Crippen LogP contribution in [0.4, 0.5) is 0 Å². The van der Waals surface area contributed by atoms with Crippen molar-refractivity contribution < 1.29 is 4.74 Å². The average molecular weight is 330 g/mol. The highest BCUT2D eigenvalue weighted by atomic mass is 16.5. The summed E-state index contributed by atoms with van der Waals surface area (Å²) in [4.78, 5) is 13.5. The fourth-order valence-electron chi connectivity index (χ4n) is 2.89. The average Bonchev–Trinajstić information content (AvgIpc) is 3.15. The number of unbranched alkanes of at least 4 members (excludes halogenated alkanes) is 1.